The summed E-state index contributed by atoms with van der Waals surface area (Å²) in [4.78, 5) is 29.1. The van der Waals surface area contributed by atoms with Crippen LogP contribution in [0.1, 0.15) is 60.9 Å². The number of carbonyl (C=O) groups excluding carboxylic acids is 2. The van der Waals surface area contributed by atoms with Gasteiger partial charge in [-0.25, -0.2) is 0 Å². The monoisotopic (exact) mass is 387 g/mol. The second kappa shape index (κ2) is 6.99. The average molecular weight is 387 g/mol. The molecule has 2 aromatic carbocycles. The summed E-state index contributed by atoms with van der Waals surface area (Å²) in [7, 11) is 0. The second-order valence-corrected chi connectivity index (χ2v) is 8.69. The topological polar surface area (TPSA) is 71.1 Å². The highest BCUT2D eigenvalue weighted by Crippen LogP contribution is 2.27. The largest absolute Gasteiger partial charge is 0.346 e. The zero-order valence-corrected chi connectivity index (χ0v) is 17.2. The van der Waals surface area contributed by atoms with Crippen LogP contribution in [0.5, 0.6) is 0 Å². The molecule has 148 valence electrons. The lowest BCUT2D eigenvalue weighted by atomic mass is 9.91. The van der Waals surface area contributed by atoms with Crippen LogP contribution in [0.25, 0.3) is 10.9 Å². The third-order valence-electron chi connectivity index (χ3n) is 5.32. The van der Waals surface area contributed by atoms with Crippen molar-refractivity contribution >= 4 is 28.4 Å². The maximum atomic E-state index is 12.8. The van der Waals surface area contributed by atoms with Gasteiger partial charge in [0.15, 0.2) is 0 Å². The Hall–Kier alpha value is -3.21. The minimum Gasteiger partial charge on any atom is -0.346 e. The summed E-state index contributed by atoms with van der Waals surface area (Å²) in [5.41, 5.74) is 5.31. The fourth-order valence-electron chi connectivity index (χ4n) is 3.57. The molecule has 1 aliphatic heterocycles. The molecule has 5 heteroatoms. The number of benzene rings is 2. The lowest BCUT2D eigenvalue weighted by Gasteiger charge is -2.18. The normalized spacial score (nSPS) is 14.4. The van der Waals surface area contributed by atoms with Gasteiger partial charge in [-0.05, 0) is 48.4 Å². The zero-order valence-electron chi connectivity index (χ0n) is 17.2. The van der Waals surface area contributed by atoms with E-state index < -0.39 is 0 Å². The van der Waals surface area contributed by atoms with Crippen molar-refractivity contribution in [3.63, 3.8) is 0 Å². The van der Waals surface area contributed by atoms with E-state index in [4.69, 9.17) is 4.98 Å². The number of aromatic nitrogens is 1. The molecule has 4 rings (SSSR count). The summed E-state index contributed by atoms with van der Waals surface area (Å²) >= 11 is 0. The van der Waals surface area contributed by atoms with E-state index in [1.807, 2.05) is 55.5 Å². The van der Waals surface area contributed by atoms with Crippen LogP contribution in [0.2, 0.25) is 0 Å². The van der Waals surface area contributed by atoms with Crippen molar-refractivity contribution in [2.75, 3.05) is 5.32 Å². The molecule has 0 saturated carbocycles. The molecule has 2 heterocycles. The number of nitrogens with one attached hydrogen (secondary N) is 2. The highest BCUT2D eigenvalue weighted by Gasteiger charge is 2.20. The molecule has 1 unspecified atom stereocenters. The number of rotatable bonds is 3. The molecule has 1 aromatic heterocycles. The molecule has 1 atom stereocenters. The maximum absolute atomic E-state index is 12.8. The lowest BCUT2D eigenvalue weighted by molar-refractivity contribution is -0.115. The number of fused-ring (bicyclic) bond motifs is 2. The molecule has 0 bridgehead atoms. The summed E-state index contributed by atoms with van der Waals surface area (Å²) in [6.07, 6.45) is 0.387. The predicted octanol–water partition coefficient (Wildman–Crippen LogP) is 4.52. The van der Waals surface area contributed by atoms with Crippen LogP contribution in [0.4, 0.5) is 5.69 Å². The van der Waals surface area contributed by atoms with Gasteiger partial charge < -0.3 is 10.6 Å². The number of hydrogen-bond acceptors (Lipinski definition) is 3. The van der Waals surface area contributed by atoms with E-state index in [1.165, 1.54) is 0 Å². The number of anilines is 1. The summed E-state index contributed by atoms with van der Waals surface area (Å²) in [6.45, 7) is 8.35. The number of pyridine rings is 1. The number of nitrogens with zero attached hydrogens (tertiary/aromatic N) is 1. The van der Waals surface area contributed by atoms with Crippen LogP contribution in [0.15, 0.2) is 48.5 Å². The molecule has 0 spiro atoms. The predicted molar refractivity (Wildman–Crippen MR) is 115 cm³/mol. The third-order valence-corrected chi connectivity index (χ3v) is 5.32. The van der Waals surface area contributed by atoms with E-state index in [0.29, 0.717) is 12.0 Å². The van der Waals surface area contributed by atoms with Crippen LogP contribution in [-0.2, 0) is 16.6 Å². The highest BCUT2D eigenvalue weighted by atomic mass is 16.2. The molecule has 0 aliphatic carbocycles. The Kier molecular flexibility index (Phi) is 4.61. The first kappa shape index (κ1) is 19.1. The van der Waals surface area contributed by atoms with E-state index in [9.17, 15) is 9.59 Å². The molecular formula is C24H25N3O2. The molecular weight excluding hydrogens is 362 g/mol. The van der Waals surface area contributed by atoms with Gasteiger partial charge in [-0.3, -0.25) is 14.6 Å². The fraction of sp³-hybridized carbons (Fsp3) is 0.292. The van der Waals surface area contributed by atoms with Gasteiger partial charge in [0.05, 0.1) is 18.0 Å². The Morgan fingerprint density at radius 3 is 2.66 bits per heavy atom. The maximum Gasteiger partial charge on any atom is 0.251 e. The van der Waals surface area contributed by atoms with E-state index in [-0.39, 0.29) is 23.3 Å². The summed E-state index contributed by atoms with van der Waals surface area (Å²) in [6, 6.07) is 15.3. The first-order valence-electron chi connectivity index (χ1n) is 9.85. The van der Waals surface area contributed by atoms with Gasteiger partial charge in [-0.2, -0.15) is 0 Å². The molecule has 2 amide bonds. The standard InChI is InChI=1S/C24H25N3O2/c1-14(15-5-8-20-18(11-15)13-22(28)27-20)25-23(29)17-6-9-19-16(12-17)7-10-21(26-19)24(2,3)4/h5-12,14H,13H2,1-4H3,(H,25,29)(H,27,28). The van der Waals surface area contributed by atoms with Gasteiger partial charge in [-0.15, -0.1) is 0 Å². The molecule has 3 aromatic rings. The van der Waals surface area contributed by atoms with E-state index in [1.54, 1.807) is 0 Å². The molecule has 0 fully saturated rings. The Morgan fingerprint density at radius 1 is 1.10 bits per heavy atom. The van der Waals surface area contributed by atoms with Crippen LogP contribution < -0.4 is 10.6 Å². The van der Waals surface area contributed by atoms with E-state index >= 15 is 0 Å². The molecule has 5 nitrogen and oxygen atoms in total. The van der Waals surface area contributed by atoms with Gasteiger partial charge in [0, 0.05) is 27.7 Å². The Labute approximate surface area is 170 Å². The van der Waals surface area contributed by atoms with Crippen molar-refractivity contribution in [1.82, 2.24) is 10.3 Å². The molecule has 29 heavy (non-hydrogen) atoms. The lowest BCUT2D eigenvalue weighted by Crippen LogP contribution is -2.26. The Morgan fingerprint density at radius 2 is 1.90 bits per heavy atom. The number of amides is 2. The average Bonchev–Trinajstić information content (AvgIpc) is 3.05. The van der Waals surface area contributed by atoms with Crippen LogP contribution in [0, 0.1) is 0 Å². The smallest absolute Gasteiger partial charge is 0.251 e. The highest BCUT2D eigenvalue weighted by molar-refractivity contribution is 5.99. The van der Waals surface area contributed by atoms with Gasteiger partial charge in [-0.1, -0.05) is 39.0 Å². The molecule has 0 radical (unpaired) electrons. The van der Waals surface area contributed by atoms with Crippen molar-refractivity contribution in [1.29, 1.82) is 0 Å². The SMILES string of the molecule is CC(NC(=O)c1ccc2nc(C(C)(C)C)ccc2c1)c1ccc2c(c1)CC(=O)N2. The molecule has 1 aliphatic rings. The van der Waals surface area contributed by atoms with Crippen LogP contribution in [-0.4, -0.2) is 16.8 Å². The van der Waals surface area contributed by atoms with Crippen LogP contribution in [0.3, 0.4) is 0 Å². The first-order chi connectivity index (χ1) is 13.7. The molecule has 0 saturated heterocycles. The Bertz CT molecular complexity index is 1130. The van der Waals surface area contributed by atoms with Gasteiger partial charge in [0.2, 0.25) is 5.91 Å². The van der Waals surface area contributed by atoms with Crippen molar-refractivity contribution in [3.05, 3.63) is 70.9 Å². The quantitative estimate of drug-likeness (QED) is 0.694. The van der Waals surface area contributed by atoms with E-state index in [0.717, 1.165) is 33.4 Å². The zero-order chi connectivity index (χ0) is 20.8. The third kappa shape index (κ3) is 3.86. The summed E-state index contributed by atoms with van der Waals surface area (Å²) in [5.74, 6) is -0.123. The second-order valence-electron chi connectivity index (χ2n) is 8.69. The summed E-state index contributed by atoms with van der Waals surface area (Å²) in [5, 5.41) is 6.82. The van der Waals surface area contributed by atoms with Gasteiger partial charge in [0.25, 0.3) is 5.91 Å². The van der Waals surface area contributed by atoms with Gasteiger partial charge >= 0.3 is 0 Å². The van der Waals surface area contributed by atoms with Gasteiger partial charge in [0.1, 0.15) is 0 Å². The first-order valence-corrected chi connectivity index (χ1v) is 9.85. The fourth-order valence-corrected chi connectivity index (χ4v) is 3.57. The minimum absolute atomic E-state index is 0.00762. The van der Waals surface area contributed by atoms with E-state index in [2.05, 4.69) is 31.4 Å². The minimum atomic E-state index is -0.166. The van der Waals surface area contributed by atoms with Crippen LogP contribution >= 0.6 is 0 Å². The van der Waals surface area contributed by atoms with Crippen molar-refractivity contribution in [2.24, 2.45) is 0 Å². The van der Waals surface area contributed by atoms with Crippen molar-refractivity contribution in [2.45, 2.75) is 45.6 Å². The number of carbonyl (C=O) groups is 2. The molecule has 2 N–H and O–H groups in total. The number of hydrogen-bond donors (Lipinski definition) is 2. The summed E-state index contributed by atoms with van der Waals surface area (Å²) < 4.78 is 0. The van der Waals surface area contributed by atoms with Crippen molar-refractivity contribution in [3.8, 4) is 0 Å². The Balaban J connectivity index is 1.53. The van der Waals surface area contributed by atoms with Crippen molar-refractivity contribution < 1.29 is 9.59 Å².